The molecule has 0 unspecified atom stereocenters. The Morgan fingerprint density at radius 1 is 1.58 bits per heavy atom. The van der Waals surface area contributed by atoms with Crippen molar-refractivity contribution < 1.29 is 4.79 Å². The van der Waals surface area contributed by atoms with Gasteiger partial charge in [0.05, 0.1) is 11.9 Å². The van der Waals surface area contributed by atoms with Crippen LogP contribution in [0, 0.1) is 11.3 Å². The molecule has 1 heterocycles. The predicted octanol–water partition coefficient (Wildman–Crippen LogP) is 2.75. The predicted molar refractivity (Wildman–Crippen MR) is 72.2 cm³/mol. The summed E-state index contributed by atoms with van der Waals surface area (Å²) < 4.78 is 1.48. The summed E-state index contributed by atoms with van der Waals surface area (Å²) in [6.45, 7) is 1.74. The van der Waals surface area contributed by atoms with E-state index >= 15 is 0 Å². The summed E-state index contributed by atoms with van der Waals surface area (Å²) in [4.78, 5) is 11.5. The average Bonchev–Trinajstić information content (AvgIpc) is 2.81. The number of nitrogens with zero attached hydrogens (tertiary/aromatic N) is 3. The van der Waals surface area contributed by atoms with Crippen LogP contribution in [0.5, 0.6) is 0 Å². The van der Waals surface area contributed by atoms with Crippen molar-refractivity contribution in [1.82, 2.24) is 9.78 Å². The van der Waals surface area contributed by atoms with Gasteiger partial charge in [0.25, 0.3) is 0 Å². The molecular formula is C13H11ClN4O. The van der Waals surface area contributed by atoms with Crippen LogP contribution in [-0.4, -0.2) is 15.7 Å². The number of carbonyl (C=O) groups excluding carboxylic acids is 1. The summed E-state index contributed by atoms with van der Waals surface area (Å²) in [6, 6.07) is 9.01. The van der Waals surface area contributed by atoms with Crippen molar-refractivity contribution in [2.45, 2.75) is 13.3 Å². The molecule has 0 spiro atoms. The van der Waals surface area contributed by atoms with Gasteiger partial charge in [-0.3, -0.25) is 4.79 Å². The second-order valence-electron chi connectivity index (χ2n) is 3.81. The fourth-order valence-electron chi connectivity index (χ4n) is 1.57. The molecule has 0 bridgehead atoms. The number of anilines is 1. The van der Waals surface area contributed by atoms with Crippen LogP contribution in [0.15, 0.2) is 30.5 Å². The van der Waals surface area contributed by atoms with Gasteiger partial charge in [-0.05, 0) is 18.2 Å². The van der Waals surface area contributed by atoms with Gasteiger partial charge in [-0.15, -0.1) is 0 Å². The van der Waals surface area contributed by atoms with E-state index in [2.05, 4.69) is 10.4 Å². The summed E-state index contributed by atoms with van der Waals surface area (Å²) >= 11 is 5.93. The fraction of sp³-hybridized carbons (Fsp3) is 0.154. The van der Waals surface area contributed by atoms with Crippen molar-refractivity contribution in [3.8, 4) is 11.8 Å². The van der Waals surface area contributed by atoms with Gasteiger partial charge in [0.15, 0.2) is 5.82 Å². The summed E-state index contributed by atoms with van der Waals surface area (Å²) in [5.74, 6) is 0.178. The lowest BCUT2D eigenvalue weighted by molar-refractivity contribution is -0.115. The number of aromatic nitrogens is 2. The average molecular weight is 275 g/mol. The lowest BCUT2D eigenvalue weighted by Crippen LogP contribution is -2.14. The minimum Gasteiger partial charge on any atom is -0.309 e. The highest BCUT2D eigenvalue weighted by molar-refractivity contribution is 6.30. The minimum atomic E-state index is -0.180. The summed E-state index contributed by atoms with van der Waals surface area (Å²) in [7, 11) is 0. The molecule has 1 N–H and O–H groups in total. The smallest absolute Gasteiger partial charge is 0.225 e. The van der Waals surface area contributed by atoms with Gasteiger partial charge >= 0.3 is 0 Å². The third-order valence-electron chi connectivity index (χ3n) is 2.52. The summed E-state index contributed by atoms with van der Waals surface area (Å²) in [5.41, 5.74) is 0.988. The van der Waals surface area contributed by atoms with Crippen LogP contribution in [0.1, 0.15) is 18.9 Å². The van der Waals surface area contributed by atoms with Crippen LogP contribution >= 0.6 is 11.6 Å². The van der Waals surface area contributed by atoms with Crippen LogP contribution in [0.25, 0.3) is 5.69 Å². The Morgan fingerprint density at radius 2 is 2.37 bits per heavy atom. The number of hydrogen-bond donors (Lipinski definition) is 1. The number of hydrogen-bond acceptors (Lipinski definition) is 3. The molecular weight excluding hydrogens is 264 g/mol. The zero-order chi connectivity index (χ0) is 13.8. The number of nitrogens with one attached hydrogen (secondary N) is 1. The molecule has 0 aliphatic heterocycles. The molecule has 1 aromatic heterocycles. The van der Waals surface area contributed by atoms with E-state index < -0.39 is 0 Å². The zero-order valence-corrected chi connectivity index (χ0v) is 11.0. The van der Waals surface area contributed by atoms with Crippen molar-refractivity contribution >= 4 is 23.3 Å². The SMILES string of the molecule is CCC(=O)Nc1c(C#N)cnn1-c1cccc(Cl)c1. The minimum absolute atomic E-state index is 0.180. The lowest BCUT2D eigenvalue weighted by atomic mass is 10.3. The molecule has 5 nitrogen and oxygen atoms in total. The van der Waals surface area contributed by atoms with Crippen molar-refractivity contribution in [2.24, 2.45) is 0 Å². The standard InChI is InChI=1S/C13H11ClN4O/c1-2-12(19)17-13-9(7-15)8-16-18(13)11-5-3-4-10(14)6-11/h3-6,8H,2H2,1H3,(H,17,19). The second kappa shape index (κ2) is 5.55. The summed E-state index contributed by atoms with van der Waals surface area (Å²) in [5, 5.41) is 16.4. The molecule has 0 aliphatic carbocycles. The van der Waals surface area contributed by atoms with E-state index in [9.17, 15) is 4.79 Å². The molecule has 0 saturated heterocycles. The maximum absolute atomic E-state index is 11.5. The zero-order valence-electron chi connectivity index (χ0n) is 10.2. The molecule has 2 rings (SSSR count). The molecule has 0 atom stereocenters. The van der Waals surface area contributed by atoms with Gasteiger partial charge in [0.1, 0.15) is 11.6 Å². The van der Waals surface area contributed by atoms with E-state index in [4.69, 9.17) is 16.9 Å². The van der Waals surface area contributed by atoms with Crippen molar-refractivity contribution in [2.75, 3.05) is 5.32 Å². The number of amides is 1. The number of halogens is 1. The number of nitriles is 1. The molecule has 1 amide bonds. The Labute approximate surface area is 115 Å². The number of carbonyl (C=O) groups is 1. The maximum Gasteiger partial charge on any atom is 0.225 e. The lowest BCUT2D eigenvalue weighted by Gasteiger charge is -2.09. The molecule has 2 aromatic rings. The Hall–Kier alpha value is -2.32. The first-order valence-electron chi connectivity index (χ1n) is 5.69. The van der Waals surface area contributed by atoms with E-state index in [1.807, 2.05) is 6.07 Å². The van der Waals surface area contributed by atoms with Gasteiger partial charge in [-0.1, -0.05) is 24.6 Å². The molecule has 96 valence electrons. The third-order valence-corrected chi connectivity index (χ3v) is 2.76. The molecule has 0 fully saturated rings. The third kappa shape index (κ3) is 2.75. The van der Waals surface area contributed by atoms with Gasteiger partial charge in [0, 0.05) is 11.4 Å². The Kier molecular flexibility index (Phi) is 3.83. The highest BCUT2D eigenvalue weighted by atomic mass is 35.5. The Balaban J connectivity index is 2.49. The molecule has 0 aliphatic rings. The van der Waals surface area contributed by atoms with Gasteiger partial charge in [-0.25, -0.2) is 4.68 Å². The quantitative estimate of drug-likeness (QED) is 0.935. The normalized spacial score (nSPS) is 9.95. The van der Waals surface area contributed by atoms with E-state index in [-0.39, 0.29) is 5.91 Å². The number of rotatable bonds is 3. The largest absolute Gasteiger partial charge is 0.309 e. The molecule has 6 heteroatoms. The Morgan fingerprint density at radius 3 is 3.00 bits per heavy atom. The first-order chi connectivity index (χ1) is 9.15. The topological polar surface area (TPSA) is 70.7 Å². The Bertz CT molecular complexity index is 657. The van der Waals surface area contributed by atoms with E-state index in [0.29, 0.717) is 28.5 Å². The van der Waals surface area contributed by atoms with Crippen LogP contribution in [0.2, 0.25) is 5.02 Å². The summed E-state index contributed by atoms with van der Waals surface area (Å²) in [6.07, 6.45) is 1.73. The van der Waals surface area contributed by atoms with Gasteiger partial charge in [-0.2, -0.15) is 10.4 Å². The first kappa shape index (κ1) is 13.1. The van der Waals surface area contributed by atoms with Crippen LogP contribution in [-0.2, 0) is 4.79 Å². The van der Waals surface area contributed by atoms with Crippen molar-refractivity contribution in [3.05, 3.63) is 41.0 Å². The van der Waals surface area contributed by atoms with Crippen molar-refractivity contribution in [1.29, 1.82) is 5.26 Å². The second-order valence-corrected chi connectivity index (χ2v) is 4.25. The van der Waals surface area contributed by atoms with Gasteiger partial charge < -0.3 is 5.32 Å². The van der Waals surface area contributed by atoms with Crippen LogP contribution in [0.4, 0.5) is 5.82 Å². The fourth-order valence-corrected chi connectivity index (χ4v) is 1.76. The maximum atomic E-state index is 11.5. The highest BCUT2D eigenvalue weighted by Crippen LogP contribution is 2.22. The van der Waals surface area contributed by atoms with E-state index in [0.717, 1.165) is 0 Å². The molecule has 0 radical (unpaired) electrons. The van der Waals surface area contributed by atoms with Crippen LogP contribution < -0.4 is 5.32 Å². The van der Waals surface area contributed by atoms with Crippen LogP contribution in [0.3, 0.4) is 0 Å². The highest BCUT2D eigenvalue weighted by Gasteiger charge is 2.14. The first-order valence-corrected chi connectivity index (χ1v) is 6.07. The number of benzene rings is 1. The van der Waals surface area contributed by atoms with E-state index in [1.54, 1.807) is 31.2 Å². The van der Waals surface area contributed by atoms with Gasteiger partial charge in [0.2, 0.25) is 5.91 Å². The van der Waals surface area contributed by atoms with Crippen molar-refractivity contribution in [3.63, 3.8) is 0 Å². The monoisotopic (exact) mass is 274 g/mol. The van der Waals surface area contributed by atoms with E-state index in [1.165, 1.54) is 10.9 Å². The molecule has 19 heavy (non-hydrogen) atoms. The molecule has 1 aromatic carbocycles. The molecule has 0 saturated carbocycles.